The van der Waals surface area contributed by atoms with Crippen molar-refractivity contribution in [3.05, 3.63) is 40.4 Å². The minimum atomic E-state index is 0.144. The van der Waals surface area contributed by atoms with Gasteiger partial charge in [-0.15, -0.1) is 11.3 Å². The Morgan fingerprint density at radius 1 is 1.50 bits per heavy atom. The number of rotatable bonds is 3. The number of nitrogens with zero attached hydrogens (tertiary/aromatic N) is 2. The second-order valence-corrected chi connectivity index (χ2v) is 6.71. The molecule has 1 saturated heterocycles. The molecular weight excluding hydrogens is 318 g/mol. The van der Waals surface area contributed by atoms with Gasteiger partial charge in [-0.3, -0.25) is 4.79 Å². The first kappa shape index (κ1) is 15.5. The molecule has 1 aromatic heterocycles. The van der Waals surface area contributed by atoms with Gasteiger partial charge in [0.05, 0.1) is 17.1 Å². The van der Waals surface area contributed by atoms with E-state index < -0.39 is 0 Å². The van der Waals surface area contributed by atoms with Gasteiger partial charge >= 0.3 is 0 Å². The molecule has 2 heterocycles. The molecule has 1 fully saturated rings. The third-order valence-electron chi connectivity index (χ3n) is 3.81. The Labute approximate surface area is 139 Å². The fourth-order valence-corrected chi connectivity index (χ4v) is 3.75. The van der Waals surface area contributed by atoms with Crippen LogP contribution < -0.4 is 5.32 Å². The maximum absolute atomic E-state index is 12.4. The van der Waals surface area contributed by atoms with Gasteiger partial charge in [0.15, 0.2) is 0 Å². The van der Waals surface area contributed by atoms with E-state index in [1.807, 2.05) is 34.5 Å². The van der Waals surface area contributed by atoms with E-state index in [1.54, 1.807) is 0 Å². The zero-order valence-corrected chi connectivity index (χ0v) is 14.0. The minimum Gasteiger partial charge on any atom is -0.337 e. The van der Waals surface area contributed by atoms with E-state index in [9.17, 15) is 4.79 Å². The predicted molar refractivity (Wildman–Crippen MR) is 90.3 cm³/mol. The van der Waals surface area contributed by atoms with Gasteiger partial charge in [0.1, 0.15) is 5.01 Å². The molecule has 1 atom stereocenters. The van der Waals surface area contributed by atoms with Crippen molar-refractivity contribution in [3.8, 4) is 10.6 Å². The Kier molecular flexibility index (Phi) is 4.76. The lowest BCUT2D eigenvalue weighted by Crippen LogP contribution is -2.52. The van der Waals surface area contributed by atoms with Crippen LogP contribution in [0, 0.1) is 0 Å². The number of amides is 1. The van der Waals surface area contributed by atoms with E-state index in [4.69, 9.17) is 11.6 Å². The molecule has 0 spiro atoms. The lowest BCUT2D eigenvalue weighted by Gasteiger charge is -2.33. The highest BCUT2D eigenvalue weighted by Gasteiger charge is 2.23. The predicted octanol–water partition coefficient (Wildman–Crippen LogP) is 2.83. The largest absolute Gasteiger partial charge is 0.337 e. The summed E-state index contributed by atoms with van der Waals surface area (Å²) in [6, 6.07) is 7.88. The molecule has 0 radical (unpaired) electrons. The van der Waals surface area contributed by atoms with Gasteiger partial charge in [-0.05, 0) is 13.0 Å². The normalized spacial score (nSPS) is 18.5. The molecule has 22 heavy (non-hydrogen) atoms. The number of thiazole rings is 1. The van der Waals surface area contributed by atoms with Crippen molar-refractivity contribution >= 4 is 28.8 Å². The number of nitrogens with one attached hydrogen (secondary N) is 1. The van der Waals surface area contributed by atoms with Crippen LogP contribution in [0.5, 0.6) is 0 Å². The van der Waals surface area contributed by atoms with E-state index in [0.29, 0.717) is 11.4 Å². The minimum absolute atomic E-state index is 0.144. The summed E-state index contributed by atoms with van der Waals surface area (Å²) in [7, 11) is 0. The maximum Gasteiger partial charge on any atom is 0.228 e. The quantitative estimate of drug-likeness (QED) is 0.938. The lowest BCUT2D eigenvalue weighted by molar-refractivity contribution is -0.133. The zero-order chi connectivity index (χ0) is 15.5. The van der Waals surface area contributed by atoms with Gasteiger partial charge in [-0.1, -0.05) is 29.8 Å². The lowest BCUT2D eigenvalue weighted by atomic mass is 10.2. The second kappa shape index (κ2) is 6.77. The number of carbonyl (C=O) groups excluding carboxylic acids is 1. The van der Waals surface area contributed by atoms with Crippen molar-refractivity contribution in [3.63, 3.8) is 0 Å². The standard InChI is InChI=1S/C16H18ClN3OS/c1-11-9-18-6-7-20(11)15(21)8-12-10-22-16(19-12)13-4-2-3-5-14(13)17/h2-5,10-11,18H,6-9H2,1H3. The molecule has 1 unspecified atom stereocenters. The van der Waals surface area contributed by atoms with E-state index >= 15 is 0 Å². The highest BCUT2D eigenvalue weighted by atomic mass is 35.5. The molecule has 0 bridgehead atoms. The summed E-state index contributed by atoms with van der Waals surface area (Å²) in [5.41, 5.74) is 1.74. The molecule has 6 heteroatoms. The Balaban J connectivity index is 1.72. The Morgan fingerprint density at radius 3 is 3.09 bits per heavy atom. The maximum atomic E-state index is 12.4. The molecule has 1 aliphatic rings. The van der Waals surface area contributed by atoms with E-state index in [1.165, 1.54) is 11.3 Å². The Bertz CT molecular complexity index is 673. The SMILES string of the molecule is CC1CNCCN1C(=O)Cc1csc(-c2ccccc2Cl)n1. The third-order valence-corrected chi connectivity index (χ3v) is 5.06. The van der Waals surface area contributed by atoms with Gasteiger partial charge < -0.3 is 10.2 Å². The molecule has 3 rings (SSSR count). The number of benzene rings is 1. The summed E-state index contributed by atoms with van der Waals surface area (Å²) in [5.74, 6) is 0.144. The number of hydrogen-bond donors (Lipinski definition) is 1. The van der Waals surface area contributed by atoms with Crippen LogP contribution in [0.3, 0.4) is 0 Å². The molecule has 0 saturated carbocycles. The molecule has 116 valence electrons. The highest BCUT2D eigenvalue weighted by Crippen LogP contribution is 2.30. The second-order valence-electron chi connectivity index (χ2n) is 5.44. The fraction of sp³-hybridized carbons (Fsp3) is 0.375. The van der Waals surface area contributed by atoms with Crippen molar-refractivity contribution in [2.45, 2.75) is 19.4 Å². The molecular formula is C16H18ClN3OS. The number of carbonyl (C=O) groups is 1. The van der Waals surface area contributed by atoms with Crippen molar-refractivity contribution in [2.24, 2.45) is 0 Å². The van der Waals surface area contributed by atoms with Crippen LogP contribution in [-0.2, 0) is 11.2 Å². The van der Waals surface area contributed by atoms with Crippen LogP contribution in [0.2, 0.25) is 5.02 Å². The molecule has 1 N–H and O–H groups in total. The summed E-state index contributed by atoms with van der Waals surface area (Å²) in [4.78, 5) is 18.9. The van der Waals surface area contributed by atoms with Gasteiger partial charge in [0, 0.05) is 36.6 Å². The topological polar surface area (TPSA) is 45.2 Å². The van der Waals surface area contributed by atoms with Crippen molar-refractivity contribution in [1.82, 2.24) is 15.2 Å². The van der Waals surface area contributed by atoms with Crippen LogP contribution in [0.15, 0.2) is 29.6 Å². The first-order chi connectivity index (χ1) is 10.6. The van der Waals surface area contributed by atoms with Gasteiger partial charge in [0.2, 0.25) is 5.91 Å². The van der Waals surface area contributed by atoms with E-state index in [0.717, 1.165) is 35.9 Å². The fourth-order valence-electron chi connectivity index (χ4n) is 2.61. The summed E-state index contributed by atoms with van der Waals surface area (Å²) in [6.07, 6.45) is 0.352. The third kappa shape index (κ3) is 3.32. The smallest absolute Gasteiger partial charge is 0.228 e. The highest BCUT2D eigenvalue weighted by molar-refractivity contribution is 7.13. The van der Waals surface area contributed by atoms with Gasteiger partial charge in [-0.25, -0.2) is 4.98 Å². The first-order valence-corrected chi connectivity index (χ1v) is 8.60. The number of halogens is 1. The Hall–Kier alpha value is -1.43. The van der Waals surface area contributed by atoms with Crippen LogP contribution in [0.4, 0.5) is 0 Å². The van der Waals surface area contributed by atoms with Crippen LogP contribution in [0.25, 0.3) is 10.6 Å². The average Bonchev–Trinajstić information content (AvgIpc) is 2.96. The number of hydrogen-bond acceptors (Lipinski definition) is 4. The summed E-state index contributed by atoms with van der Waals surface area (Å²) in [6.45, 7) is 4.55. The van der Waals surface area contributed by atoms with E-state index in [2.05, 4.69) is 17.2 Å². The number of piperazine rings is 1. The zero-order valence-electron chi connectivity index (χ0n) is 12.4. The summed E-state index contributed by atoms with van der Waals surface area (Å²) >= 11 is 7.73. The van der Waals surface area contributed by atoms with E-state index in [-0.39, 0.29) is 11.9 Å². The van der Waals surface area contributed by atoms with Crippen molar-refractivity contribution < 1.29 is 4.79 Å². The van der Waals surface area contributed by atoms with Crippen molar-refractivity contribution in [1.29, 1.82) is 0 Å². The number of aromatic nitrogens is 1. The molecule has 1 aliphatic heterocycles. The monoisotopic (exact) mass is 335 g/mol. The van der Waals surface area contributed by atoms with Crippen molar-refractivity contribution in [2.75, 3.05) is 19.6 Å². The molecule has 1 aromatic carbocycles. The van der Waals surface area contributed by atoms with Crippen LogP contribution in [-0.4, -0.2) is 41.5 Å². The van der Waals surface area contributed by atoms with Gasteiger partial charge in [0.25, 0.3) is 0 Å². The molecule has 4 nitrogen and oxygen atoms in total. The molecule has 0 aliphatic carbocycles. The first-order valence-electron chi connectivity index (χ1n) is 7.34. The average molecular weight is 336 g/mol. The molecule has 1 amide bonds. The van der Waals surface area contributed by atoms with Crippen LogP contribution in [0.1, 0.15) is 12.6 Å². The summed E-state index contributed by atoms with van der Waals surface area (Å²) in [5, 5.41) is 6.79. The Morgan fingerprint density at radius 2 is 2.32 bits per heavy atom. The van der Waals surface area contributed by atoms with Gasteiger partial charge in [-0.2, -0.15) is 0 Å². The van der Waals surface area contributed by atoms with Crippen LogP contribution >= 0.6 is 22.9 Å². The summed E-state index contributed by atoms with van der Waals surface area (Å²) < 4.78 is 0. The molecule has 2 aromatic rings.